The van der Waals surface area contributed by atoms with E-state index >= 15 is 0 Å². The van der Waals surface area contributed by atoms with Gasteiger partial charge in [-0.25, -0.2) is 14.4 Å². The van der Waals surface area contributed by atoms with E-state index in [4.69, 9.17) is 18.6 Å². The van der Waals surface area contributed by atoms with Crippen molar-refractivity contribution in [3.05, 3.63) is 70.1 Å². The van der Waals surface area contributed by atoms with E-state index < -0.39 is 17.6 Å². The van der Waals surface area contributed by atoms with Gasteiger partial charge in [0.25, 0.3) is 0 Å². The van der Waals surface area contributed by atoms with Crippen LogP contribution in [0.4, 0.5) is 0 Å². The molecule has 0 radical (unpaired) electrons. The number of benzene rings is 2. The molecule has 0 aliphatic carbocycles. The maximum absolute atomic E-state index is 12.3. The number of methoxy groups -OCH3 is 1. The molecule has 2 aromatic carbocycles. The first kappa shape index (κ1) is 18.2. The lowest BCUT2D eigenvalue weighted by Gasteiger charge is -2.07. The third kappa shape index (κ3) is 3.98. The molecule has 0 unspecified atom stereocenters. The van der Waals surface area contributed by atoms with Crippen molar-refractivity contribution in [2.45, 2.75) is 6.92 Å². The summed E-state index contributed by atoms with van der Waals surface area (Å²) in [6.45, 7) is 1.79. The van der Waals surface area contributed by atoms with Crippen LogP contribution in [0.5, 0.6) is 11.5 Å². The summed E-state index contributed by atoms with van der Waals surface area (Å²) in [5.41, 5.74) is -0.514. The fourth-order valence-electron chi connectivity index (χ4n) is 2.42. The second-order valence-corrected chi connectivity index (χ2v) is 5.49. The molecule has 7 heteroatoms. The van der Waals surface area contributed by atoms with E-state index in [1.807, 2.05) is 0 Å². The maximum Gasteiger partial charge on any atom is 0.351 e. The number of carbonyl (C=O) groups excluding carboxylic acids is 2. The van der Waals surface area contributed by atoms with Crippen LogP contribution in [0.1, 0.15) is 27.6 Å². The zero-order valence-corrected chi connectivity index (χ0v) is 14.7. The van der Waals surface area contributed by atoms with Crippen LogP contribution in [0.15, 0.2) is 57.7 Å². The average molecular weight is 368 g/mol. The van der Waals surface area contributed by atoms with Gasteiger partial charge in [-0.05, 0) is 43.3 Å². The SMILES string of the molecule is CCOC(=O)c1cc2ccc(OC(=O)c3cccc(OC)c3)cc2oc1=O. The smallest absolute Gasteiger partial charge is 0.351 e. The van der Waals surface area contributed by atoms with Gasteiger partial charge in [0.15, 0.2) is 0 Å². The summed E-state index contributed by atoms with van der Waals surface area (Å²) in [4.78, 5) is 36.0. The lowest BCUT2D eigenvalue weighted by atomic mass is 10.2. The van der Waals surface area contributed by atoms with Gasteiger partial charge in [-0.15, -0.1) is 0 Å². The minimum absolute atomic E-state index is 0.148. The highest BCUT2D eigenvalue weighted by Gasteiger charge is 2.16. The molecule has 0 bridgehead atoms. The minimum atomic E-state index is -0.822. The van der Waals surface area contributed by atoms with E-state index in [9.17, 15) is 14.4 Å². The van der Waals surface area contributed by atoms with E-state index in [0.29, 0.717) is 16.7 Å². The Hall–Kier alpha value is -3.61. The van der Waals surface area contributed by atoms with E-state index in [1.54, 1.807) is 37.3 Å². The van der Waals surface area contributed by atoms with Crippen LogP contribution in [-0.4, -0.2) is 25.7 Å². The lowest BCUT2D eigenvalue weighted by Crippen LogP contribution is -2.16. The van der Waals surface area contributed by atoms with Crippen molar-refractivity contribution in [2.75, 3.05) is 13.7 Å². The van der Waals surface area contributed by atoms with Gasteiger partial charge < -0.3 is 18.6 Å². The van der Waals surface area contributed by atoms with Crippen LogP contribution in [0, 0.1) is 0 Å². The maximum atomic E-state index is 12.3. The number of rotatable bonds is 5. The van der Waals surface area contributed by atoms with Crippen molar-refractivity contribution >= 4 is 22.9 Å². The van der Waals surface area contributed by atoms with Crippen LogP contribution >= 0.6 is 0 Å². The number of hydrogen-bond donors (Lipinski definition) is 0. The molecule has 0 saturated heterocycles. The van der Waals surface area contributed by atoms with Crippen molar-refractivity contribution in [3.63, 3.8) is 0 Å². The second kappa shape index (κ2) is 7.74. The highest BCUT2D eigenvalue weighted by molar-refractivity contribution is 5.94. The fraction of sp³-hybridized carbons (Fsp3) is 0.150. The Morgan fingerprint density at radius 2 is 1.81 bits per heavy atom. The summed E-state index contributed by atoms with van der Waals surface area (Å²) < 4.78 is 20.4. The number of carbonyl (C=O) groups is 2. The Labute approximate surface area is 154 Å². The number of esters is 2. The van der Waals surface area contributed by atoms with Crippen LogP contribution in [-0.2, 0) is 4.74 Å². The molecule has 0 N–H and O–H groups in total. The normalized spacial score (nSPS) is 10.4. The predicted octanol–water partition coefficient (Wildman–Crippen LogP) is 3.20. The second-order valence-electron chi connectivity index (χ2n) is 5.49. The van der Waals surface area contributed by atoms with E-state index in [0.717, 1.165) is 0 Å². The molecule has 3 aromatic rings. The van der Waals surface area contributed by atoms with Crippen molar-refractivity contribution < 1.29 is 28.2 Å². The van der Waals surface area contributed by atoms with Crippen LogP contribution in [0.3, 0.4) is 0 Å². The summed E-state index contributed by atoms with van der Waals surface area (Å²) in [7, 11) is 1.50. The molecule has 1 heterocycles. The Morgan fingerprint density at radius 1 is 1.00 bits per heavy atom. The fourth-order valence-corrected chi connectivity index (χ4v) is 2.42. The van der Waals surface area contributed by atoms with E-state index in [1.165, 1.54) is 25.3 Å². The molecular formula is C20H16O7. The Bertz CT molecular complexity index is 1070. The summed E-state index contributed by atoms with van der Waals surface area (Å²) >= 11 is 0. The number of ether oxygens (including phenoxy) is 3. The van der Waals surface area contributed by atoms with Crippen molar-refractivity contribution in [1.29, 1.82) is 0 Å². The molecule has 0 fully saturated rings. The Balaban J connectivity index is 1.88. The van der Waals surface area contributed by atoms with Gasteiger partial charge in [0.05, 0.1) is 19.3 Å². The molecule has 7 nitrogen and oxygen atoms in total. The summed E-state index contributed by atoms with van der Waals surface area (Å²) in [6.07, 6.45) is 0. The molecule has 1 aromatic heterocycles. The zero-order valence-electron chi connectivity index (χ0n) is 14.7. The highest BCUT2D eigenvalue weighted by atomic mass is 16.5. The highest BCUT2D eigenvalue weighted by Crippen LogP contribution is 2.22. The quantitative estimate of drug-likeness (QED) is 0.388. The first-order valence-corrected chi connectivity index (χ1v) is 8.13. The summed E-state index contributed by atoms with van der Waals surface area (Å²) in [6, 6.07) is 12.4. The van der Waals surface area contributed by atoms with Gasteiger partial charge in [-0.1, -0.05) is 6.07 Å². The molecule has 0 aliphatic rings. The van der Waals surface area contributed by atoms with Crippen LogP contribution in [0.2, 0.25) is 0 Å². The van der Waals surface area contributed by atoms with Crippen LogP contribution < -0.4 is 15.1 Å². The van der Waals surface area contributed by atoms with Gasteiger partial charge in [-0.2, -0.15) is 0 Å². The monoisotopic (exact) mass is 368 g/mol. The molecule has 0 atom stereocenters. The van der Waals surface area contributed by atoms with Crippen LogP contribution in [0.25, 0.3) is 11.0 Å². The minimum Gasteiger partial charge on any atom is -0.497 e. The third-order valence-electron chi connectivity index (χ3n) is 3.72. The van der Waals surface area contributed by atoms with Crippen molar-refractivity contribution in [1.82, 2.24) is 0 Å². The van der Waals surface area contributed by atoms with Gasteiger partial charge in [0, 0.05) is 11.5 Å². The van der Waals surface area contributed by atoms with E-state index in [2.05, 4.69) is 0 Å². The number of fused-ring (bicyclic) bond motifs is 1. The van der Waals surface area contributed by atoms with Crippen molar-refractivity contribution in [2.24, 2.45) is 0 Å². The first-order chi connectivity index (χ1) is 13.0. The summed E-state index contributed by atoms with van der Waals surface area (Å²) in [5.74, 6) is -0.608. The van der Waals surface area contributed by atoms with Gasteiger partial charge in [-0.3, -0.25) is 0 Å². The Kier molecular flexibility index (Phi) is 5.21. The Morgan fingerprint density at radius 3 is 2.56 bits per heavy atom. The molecule has 138 valence electrons. The summed E-state index contributed by atoms with van der Waals surface area (Å²) in [5, 5.41) is 0.499. The molecule has 0 saturated carbocycles. The molecule has 27 heavy (non-hydrogen) atoms. The molecule has 0 aliphatic heterocycles. The molecular weight excluding hydrogens is 352 g/mol. The largest absolute Gasteiger partial charge is 0.497 e. The average Bonchev–Trinajstić information content (AvgIpc) is 2.67. The van der Waals surface area contributed by atoms with Gasteiger partial charge >= 0.3 is 17.6 Å². The first-order valence-electron chi connectivity index (χ1n) is 8.13. The van der Waals surface area contributed by atoms with Gasteiger partial charge in [0.1, 0.15) is 22.6 Å². The molecule has 3 rings (SSSR count). The standard InChI is InChI=1S/C20H16O7/c1-3-25-19(22)16-10-12-7-8-15(11-17(12)27-20(16)23)26-18(21)13-5-4-6-14(9-13)24-2/h4-11H,3H2,1-2H3. The van der Waals surface area contributed by atoms with Gasteiger partial charge in [0.2, 0.25) is 0 Å². The third-order valence-corrected chi connectivity index (χ3v) is 3.72. The molecule has 0 spiro atoms. The van der Waals surface area contributed by atoms with E-state index in [-0.39, 0.29) is 23.5 Å². The zero-order chi connectivity index (χ0) is 19.4. The lowest BCUT2D eigenvalue weighted by molar-refractivity contribution is 0.0521. The predicted molar refractivity (Wildman–Crippen MR) is 96.4 cm³/mol. The topological polar surface area (TPSA) is 92.0 Å². The van der Waals surface area contributed by atoms with Crippen molar-refractivity contribution in [3.8, 4) is 11.5 Å². The number of hydrogen-bond acceptors (Lipinski definition) is 7. The molecule has 0 amide bonds.